The van der Waals surface area contributed by atoms with Crippen molar-refractivity contribution in [3.63, 3.8) is 0 Å². The molecule has 1 aromatic heterocycles. The summed E-state index contributed by atoms with van der Waals surface area (Å²) in [4.78, 5) is 14.4. The van der Waals surface area contributed by atoms with Crippen molar-refractivity contribution < 1.29 is 9.53 Å². The smallest absolute Gasteiger partial charge is 0.145 e. The summed E-state index contributed by atoms with van der Waals surface area (Å²) in [5.41, 5.74) is 0.839. The fraction of sp³-hybridized carbons (Fsp3) is 0.167. The van der Waals surface area contributed by atoms with E-state index in [4.69, 9.17) is 4.74 Å². The Balaban J connectivity index is 2.30. The van der Waals surface area contributed by atoms with E-state index in [1.165, 1.54) is 0 Å². The van der Waals surface area contributed by atoms with E-state index in [-0.39, 0.29) is 0 Å². The van der Waals surface area contributed by atoms with E-state index in [1.807, 2.05) is 30.3 Å². The third kappa shape index (κ3) is 2.13. The van der Waals surface area contributed by atoms with Crippen LogP contribution in [0.4, 0.5) is 0 Å². The Hall–Kier alpha value is -1.90. The van der Waals surface area contributed by atoms with Crippen molar-refractivity contribution in [2.45, 2.75) is 6.42 Å². The van der Waals surface area contributed by atoms with Gasteiger partial charge in [-0.05, 0) is 12.1 Å². The number of benzene rings is 1. The molecule has 3 heteroatoms. The minimum atomic E-state index is 0.402. The number of para-hydroxylation sites is 1. The van der Waals surface area contributed by atoms with Gasteiger partial charge in [-0.1, -0.05) is 18.2 Å². The van der Waals surface area contributed by atoms with Gasteiger partial charge in [-0.2, -0.15) is 0 Å². The van der Waals surface area contributed by atoms with Gasteiger partial charge in [-0.25, -0.2) is 0 Å². The van der Waals surface area contributed by atoms with Crippen LogP contribution in [-0.4, -0.2) is 17.9 Å². The Bertz CT molecular complexity index is 463. The summed E-state index contributed by atoms with van der Waals surface area (Å²) in [6.07, 6.45) is 2.98. The molecule has 2 rings (SSSR count). The molecule has 3 nitrogen and oxygen atoms in total. The number of fused-ring (bicyclic) bond motifs is 1. The Morgan fingerprint density at radius 1 is 1.27 bits per heavy atom. The second-order valence-corrected chi connectivity index (χ2v) is 3.14. The van der Waals surface area contributed by atoms with E-state index < -0.39 is 0 Å². The number of hydrogen-bond donors (Lipinski definition) is 0. The summed E-state index contributed by atoms with van der Waals surface area (Å²) in [6.45, 7) is 0.402. The first-order chi connectivity index (χ1) is 7.42. The van der Waals surface area contributed by atoms with Crippen LogP contribution in [0.15, 0.2) is 36.5 Å². The van der Waals surface area contributed by atoms with Gasteiger partial charge >= 0.3 is 0 Å². The average molecular weight is 201 g/mol. The van der Waals surface area contributed by atoms with Gasteiger partial charge in [0, 0.05) is 18.0 Å². The van der Waals surface area contributed by atoms with Crippen molar-refractivity contribution in [1.29, 1.82) is 0 Å². The summed E-state index contributed by atoms with van der Waals surface area (Å²) in [5, 5.41) is 1.04. The number of hydrogen-bond acceptors (Lipinski definition) is 3. The zero-order valence-electron chi connectivity index (χ0n) is 8.22. The van der Waals surface area contributed by atoms with Gasteiger partial charge in [0.15, 0.2) is 0 Å². The number of carbonyl (C=O) groups is 1. The van der Waals surface area contributed by atoms with Crippen LogP contribution in [-0.2, 0) is 4.79 Å². The van der Waals surface area contributed by atoms with Crippen LogP contribution in [0.1, 0.15) is 6.42 Å². The van der Waals surface area contributed by atoms with Gasteiger partial charge in [0.05, 0.1) is 6.61 Å². The molecule has 76 valence electrons. The lowest BCUT2D eigenvalue weighted by atomic mass is 10.2. The van der Waals surface area contributed by atoms with Crippen molar-refractivity contribution in [2.75, 3.05) is 6.61 Å². The number of aldehydes is 1. The standard InChI is InChI=1S/C12H11NO2/c14-8-3-9-15-11-6-1-4-10-5-2-7-13-12(10)11/h1-2,4-8H,3,9H2. The maximum atomic E-state index is 10.2. The number of aromatic nitrogens is 1. The van der Waals surface area contributed by atoms with E-state index in [0.29, 0.717) is 13.0 Å². The largest absolute Gasteiger partial charge is 0.491 e. The Morgan fingerprint density at radius 2 is 2.13 bits per heavy atom. The lowest BCUT2D eigenvalue weighted by Gasteiger charge is -2.06. The molecular weight excluding hydrogens is 190 g/mol. The summed E-state index contributed by atoms with van der Waals surface area (Å²) >= 11 is 0. The van der Waals surface area contributed by atoms with Crippen molar-refractivity contribution in [3.8, 4) is 5.75 Å². The predicted octanol–water partition coefficient (Wildman–Crippen LogP) is 2.20. The Labute approximate surface area is 87.7 Å². The van der Waals surface area contributed by atoms with E-state index in [1.54, 1.807) is 6.20 Å². The first kappa shape index (κ1) is 9.65. The lowest BCUT2D eigenvalue weighted by molar-refractivity contribution is -0.108. The summed E-state index contributed by atoms with van der Waals surface area (Å²) in [6, 6.07) is 9.63. The Morgan fingerprint density at radius 3 is 3.00 bits per heavy atom. The van der Waals surface area contributed by atoms with Gasteiger partial charge in [-0.3, -0.25) is 4.98 Å². The molecule has 0 aliphatic carbocycles. The van der Waals surface area contributed by atoms with Gasteiger partial charge in [0.1, 0.15) is 17.6 Å². The van der Waals surface area contributed by atoms with E-state index in [9.17, 15) is 4.79 Å². The first-order valence-electron chi connectivity index (χ1n) is 4.82. The fourth-order valence-corrected chi connectivity index (χ4v) is 1.41. The van der Waals surface area contributed by atoms with Crippen LogP contribution in [0.5, 0.6) is 5.75 Å². The van der Waals surface area contributed by atoms with Crippen molar-refractivity contribution in [2.24, 2.45) is 0 Å². The minimum Gasteiger partial charge on any atom is -0.491 e. The molecule has 0 aliphatic rings. The first-order valence-corrected chi connectivity index (χ1v) is 4.82. The Kier molecular flexibility index (Phi) is 2.93. The molecule has 0 fully saturated rings. The molecule has 0 amide bonds. The highest BCUT2D eigenvalue weighted by atomic mass is 16.5. The zero-order valence-corrected chi connectivity index (χ0v) is 8.22. The molecule has 0 bridgehead atoms. The molecule has 0 saturated heterocycles. The number of carbonyl (C=O) groups excluding carboxylic acids is 1. The zero-order chi connectivity index (χ0) is 10.5. The van der Waals surface area contributed by atoms with Crippen molar-refractivity contribution >= 4 is 17.2 Å². The number of pyridine rings is 1. The van der Waals surface area contributed by atoms with Crippen molar-refractivity contribution in [3.05, 3.63) is 36.5 Å². The van der Waals surface area contributed by atoms with Crippen LogP contribution < -0.4 is 4.74 Å². The molecule has 0 unspecified atom stereocenters. The molecule has 15 heavy (non-hydrogen) atoms. The van der Waals surface area contributed by atoms with E-state index >= 15 is 0 Å². The molecule has 0 aliphatic heterocycles. The minimum absolute atomic E-state index is 0.402. The second kappa shape index (κ2) is 4.55. The maximum absolute atomic E-state index is 10.2. The highest BCUT2D eigenvalue weighted by Crippen LogP contribution is 2.22. The molecule has 1 aromatic carbocycles. The average Bonchev–Trinajstić information content (AvgIpc) is 2.30. The van der Waals surface area contributed by atoms with Crippen LogP contribution in [0.3, 0.4) is 0 Å². The van der Waals surface area contributed by atoms with Gasteiger partial charge < -0.3 is 9.53 Å². The third-order valence-corrected chi connectivity index (χ3v) is 2.09. The molecule has 0 radical (unpaired) electrons. The molecule has 0 spiro atoms. The lowest BCUT2D eigenvalue weighted by Crippen LogP contribution is -1.98. The van der Waals surface area contributed by atoms with Gasteiger partial charge in [0.2, 0.25) is 0 Å². The molecule has 0 atom stereocenters. The SMILES string of the molecule is O=CCCOc1cccc2cccnc12. The number of nitrogens with zero attached hydrogens (tertiary/aromatic N) is 1. The van der Waals surface area contributed by atoms with Crippen LogP contribution in [0, 0.1) is 0 Å². The fourth-order valence-electron chi connectivity index (χ4n) is 1.41. The van der Waals surface area contributed by atoms with E-state index in [2.05, 4.69) is 4.98 Å². The molecule has 2 aromatic rings. The number of rotatable bonds is 4. The van der Waals surface area contributed by atoms with Crippen molar-refractivity contribution in [1.82, 2.24) is 4.98 Å². The third-order valence-electron chi connectivity index (χ3n) is 2.09. The normalized spacial score (nSPS) is 10.1. The number of ether oxygens (including phenoxy) is 1. The second-order valence-electron chi connectivity index (χ2n) is 3.14. The molecular formula is C12H11NO2. The summed E-state index contributed by atoms with van der Waals surface area (Å²) in [5.74, 6) is 0.731. The predicted molar refractivity (Wildman–Crippen MR) is 57.9 cm³/mol. The molecule has 1 heterocycles. The van der Waals surface area contributed by atoms with Gasteiger partial charge in [0.25, 0.3) is 0 Å². The van der Waals surface area contributed by atoms with Crippen LogP contribution in [0.25, 0.3) is 10.9 Å². The summed E-state index contributed by atoms with van der Waals surface area (Å²) in [7, 11) is 0. The van der Waals surface area contributed by atoms with Gasteiger partial charge in [-0.15, -0.1) is 0 Å². The topological polar surface area (TPSA) is 39.2 Å². The van der Waals surface area contributed by atoms with E-state index in [0.717, 1.165) is 22.9 Å². The van der Waals surface area contributed by atoms with Crippen LogP contribution >= 0.6 is 0 Å². The quantitative estimate of drug-likeness (QED) is 0.562. The maximum Gasteiger partial charge on any atom is 0.145 e. The summed E-state index contributed by atoms with van der Waals surface area (Å²) < 4.78 is 5.47. The highest BCUT2D eigenvalue weighted by molar-refractivity contribution is 5.84. The monoisotopic (exact) mass is 201 g/mol. The molecule has 0 saturated carbocycles. The highest BCUT2D eigenvalue weighted by Gasteiger charge is 2.01. The van der Waals surface area contributed by atoms with Crippen LogP contribution in [0.2, 0.25) is 0 Å². The molecule has 0 N–H and O–H groups in total.